The summed E-state index contributed by atoms with van der Waals surface area (Å²) in [7, 11) is 0. The number of ether oxygens (including phenoxy) is 1. The number of oxime groups is 1. The average Bonchev–Trinajstić information content (AvgIpc) is 3.31. The van der Waals surface area contributed by atoms with Gasteiger partial charge in [0.05, 0.1) is 11.3 Å². The Morgan fingerprint density at radius 3 is 2.71 bits per heavy atom. The van der Waals surface area contributed by atoms with E-state index in [1.165, 1.54) is 11.1 Å². The van der Waals surface area contributed by atoms with Gasteiger partial charge >= 0.3 is 6.09 Å². The van der Waals surface area contributed by atoms with E-state index in [-0.39, 0.29) is 11.6 Å². The van der Waals surface area contributed by atoms with Crippen LogP contribution in [0.25, 0.3) is 0 Å². The number of benzene rings is 2. The van der Waals surface area contributed by atoms with E-state index in [1.54, 1.807) is 0 Å². The highest BCUT2D eigenvalue weighted by Gasteiger charge is 2.45. The van der Waals surface area contributed by atoms with Crippen LogP contribution >= 0.6 is 0 Å². The van der Waals surface area contributed by atoms with Gasteiger partial charge in [-0.3, -0.25) is 0 Å². The molecule has 2 atom stereocenters. The third-order valence-electron chi connectivity index (χ3n) is 5.78. The van der Waals surface area contributed by atoms with Crippen molar-refractivity contribution in [2.45, 2.75) is 44.1 Å². The Morgan fingerprint density at radius 2 is 2.00 bits per heavy atom. The van der Waals surface area contributed by atoms with E-state index in [4.69, 9.17) is 9.57 Å². The van der Waals surface area contributed by atoms with Crippen LogP contribution in [-0.2, 0) is 16.0 Å². The van der Waals surface area contributed by atoms with Crippen molar-refractivity contribution in [3.05, 3.63) is 71.3 Å². The summed E-state index contributed by atoms with van der Waals surface area (Å²) in [5.41, 5.74) is 4.33. The van der Waals surface area contributed by atoms with E-state index < -0.39 is 0 Å². The fourth-order valence-corrected chi connectivity index (χ4v) is 4.15. The highest BCUT2D eigenvalue weighted by atomic mass is 16.6. The lowest BCUT2D eigenvalue weighted by atomic mass is 9.92. The topological polar surface area (TPSA) is 59.9 Å². The summed E-state index contributed by atoms with van der Waals surface area (Å²) in [4.78, 5) is 16.9. The Kier molecular flexibility index (Phi) is 5.33. The van der Waals surface area contributed by atoms with Crippen molar-refractivity contribution in [2.75, 3.05) is 13.2 Å². The number of rotatable bonds is 6. The lowest BCUT2D eigenvalue weighted by Gasteiger charge is -2.20. The van der Waals surface area contributed by atoms with Crippen LogP contribution in [0.15, 0.2) is 59.8 Å². The van der Waals surface area contributed by atoms with E-state index in [0.29, 0.717) is 19.1 Å². The standard InChI is InChI=1S/C23H26N2O3/c1-17(25-28-14-12-18-5-3-2-4-6-18)19-7-9-20(10-8-19)21-11-13-23(15-21)16-27-22(26)24-23/h2-10,21H,11-16H2,1H3,(H,24,26)/b25-17+. The third kappa shape index (κ3) is 4.19. The molecule has 2 aliphatic rings. The molecule has 0 bridgehead atoms. The number of carbonyl (C=O) groups excluding carboxylic acids is 1. The second kappa shape index (κ2) is 8.05. The summed E-state index contributed by atoms with van der Waals surface area (Å²) in [5, 5.41) is 7.26. The zero-order valence-electron chi connectivity index (χ0n) is 16.2. The molecule has 2 unspecified atom stereocenters. The number of nitrogens with one attached hydrogen (secondary N) is 1. The van der Waals surface area contributed by atoms with E-state index >= 15 is 0 Å². The van der Waals surface area contributed by atoms with E-state index in [2.05, 4.69) is 46.9 Å². The summed E-state index contributed by atoms with van der Waals surface area (Å²) in [6, 6.07) is 18.8. The van der Waals surface area contributed by atoms with Gasteiger partial charge in [0.1, 0.15) is 13.2 Å². The fourth-order valence-electron chi connectivity index (χ4n) is 4.15. The fraction of sp³-hybridized carbons (Fsp3) is 0.391. The Bertz CT molecular complexity index is 848. The molecule has 1 N–H and O–H groups in total. The minimum atomic E-state index is -0.282. The van der Waals surface area contributed by atoms with Crippen molar-refractivity contribution in [2.24, 2.45) is 5.16 Å². The highest BCUT2D eigenvalue weighted by Crippen LogP contribution is 2.42. The number of hydrogen-bond donors (Lipinski definition) is 1. The van der Waals surface area contributed by atoms with Crippen LogP contribution in [0.3, 0.4) is 0 Å². The molecule has 0 aromatic heterocycles. The number of carbonyl (C=O) groups is 1. The SMILES string of the molecule is C/C(=N\OCCc1ccccc1)c1ccc(C2CCC3(COC(=O)N3)C2)cc1. The first-order valence-electron chi connectivity index (χ1n) is 9.89. The first-order chi connectivity index (χ1) is 13.6. The normalized spacial score (nSPS) is 24.2. The van der Waals surface area contributed by atoms with Crippen molar-refractivity contribution < 1.29 is 14.4 Å². The number of amides is 1. The monoisotopic (exact) mass is 378 g/mol. The smallest absolute Gasteiger partial charge is 0.407 e. The van der Waals surface area contributed by atoms with Gasteiger partial charge in [-0.2, -0.15) is 0 Å². The summed E-state index contributed by atoms with van der Waals surface area (Å²) < 4.78 is 5.12. The highest BCUT2D eigenvalue weighted by molar-refractivity contribution is 5.98. The van der Waals surface area contributed by atoms with Gasteiger partial charge in [0, 0.05) is 6.42 Å². The van der Waals surface area contributed by atoms with Crippen LogP contribution in [0.4, 0.5) is 4.79 Å². The van der Waals surface area contributed by atoms with E-state index in [0.717, 1.165) is 37.0 Å². The second-order valence-electron chi connectivity index (χ2n) is 7.79. The number of hydrogen-bond acceptors (Lipinski definition) is 4. The third-order valence-corrected chi connectivity index (χ3v) is 5.78. The zero-order chi connectivity index (χ0) is 19.4. The Hall–Kier alpha value is -2.82. The molecule has 28 heavy (non-hydrogen) atoms. The van der Waals surface area contributed by atoms with Crippen LogP contribution in [-0.4, -0.2) is 30.6 Å². The zero-order valence-corrected chi connectivity index (χ0v) is 16.2. The van der Waals surface area contributed by atoms with E-state index in [1.807, 2.05) is 25.1 Å². The Labute approximate surface area is 165 Å². The number of alkyl carbamates (subject to hydrolysis) is 1. The van der Waals surface area contributed by atoms with Crippen LogP contribution in [0.1, 0.15) is 48.8 Å². The molecule has 1 saturated heterocycles. The molecule has 5 heteroatoms. The lowest BCUT2D eigenvalue weighted by Crippen LogP contribution is -2.40. The Morgan fingerprint density at radius 1 is 1.21 bits per heavy atom. The van der Waals surface area contributed by atoms with Gasteiger partial charge in [0.25, 0.3) is 0 Å². The molecule has 0 radical (unpaired) electrons. The molecule has 5 nitrogen and oxygen atoms in total. The quantitative estimate of drug-likeness (QED) is 0.460. The molecule has 1 amide bonds. The molecule has 2 aromatic carbocycles. The number of nitrogens with zero attached hydrogens (tertiary/aromatic N) is 1. The molecule has 146 valence electrons. The number of cyclic esters (lactones) is 1. The molecule has 4 rings (SSSR count). The van der Waals surface area contributed by atoms with E-state index in [9.17, 15) is 4.79 Å². The molecule has 1 aliphatic carbocycles. The predicted molar refractivity (Wildman–Crippen MR) is 109 cm³/mol. The molecular weight excluding hydrogens is 352 g/mol. The van der Waals surface area contributed by atoms with Gasteiger partial charge in [0.15, 0.2) is 0 Å². The summed E-state index contributed by atoms with van der Waals surface area (Å²) in [6.45, 7) is 3.03. The first-order valence-corrected chi connectivity index (χ1v) is 9.89. The maximum Gasteiger partial charge on any atom is 0.407 e. The maximum absolute atomic E-state index is 11.4. The van der Waals surface area contributed by atoms with Gasteiger partial charge in [-0.05, 0) is 48.8 Å². The molecule has 2 fully saturated rings. The van der Waals surface area contributed by atoms with Gasteiger partial charge in [0.2, 0.25) is 0 Å². The van der Waals surface area contributed by atoms with Gasteiger partial charge in [-0.1, -0.05) is 59.8 Å². The molecule has 1 aliphatic heterocycles. The molecule has 1 heterocycles. The van der Waals surface area contributed by atoms with Crippen molar-refractivity contribution in [1.29, 1.82) is 0 Å². The minimum Gasteiger partial charge on any atom is -0.447 e. The van der Waals surface area contributed by atoms with Crippen LogP contribution < -0.4 is 5.32 Å². The minimum absolute atomic E-state index is 0.162. The van der Waals surface area contributed by atoms with Crippen LogP contribution in [0.2, 0.25) is 0 Å². The first kappa shape index (κ1) is 18.5. The van der Waals surface area contributed by atoms with Gasteiger partial charge in [-0.25, -0.2) is 4.79 Å². The maximum atomic E-state index is 11.4. The molecule has 1 spiro atoms. The van der Waals surface area contributed by atoms with Crippen molar-refractivity contribution in [3.63, 3.8) is 0 Å². The summed E-state index contributed by atoms with van der Waals surface area (Å²) in [6.07, 6.45) is 3.54. The summed E-state index contributed by atoms with van der Waals surface area (Å²) >= 11 is 0. The van der Waals surface area contributed by atoms with Gasteiger partial charge < -0.3 is 14.9 Å². The lowest BCUT2D eigenvalue weighted by molar-refractivity contribution is 0.147. The predicted octanol–water partition coefficient (Wildman–Crippen LogP) is 4.42. The van der Waals surface area contributed by atoms with Gasteiger partial charge in [-0.15, -0.1) is 0 Å². The average molecular weight is 378 g/mol. The molecular formula is C23H26N2O3. The largest absolute Gasteiger partial charge is 0.447 e. The van der Waals surface area contributed by atoms with Crippen molar-refractivity contribution >= 4 is 11.8 Å². The van der Waals surface area contributed by atoms with Crippen LogP contribution in [0, 0.1) is 0 Å². The Balaban J connectivity index is 1.31. The van der Waals surface area contributed by atoms with Crippen molar-refractivity contribution in [1.82, 2.24) is 5.32 Å². The molecule has 1 saturated carbocycles. The summed E-state index contributed by atoms with van der Waals surface area (Å²) in [5.74, 6) is 0.454. The second-order valence-corrected chi connectivity index (χ2v) is 7.79. The van der Waals surface area contributed by atoms with Crippen molar-refractivity contribution in [3.8, 4) is 0 Å². The van der Waals surface area contributed by atoms with Crippen LogP contribution in [0.5, 0.6) is 0 Å². The molecule has 2 aromatic rings.